The fourth-order valence-corrected chi connectivity index (χ4v) is 4.17. The van der Waals surface area contributed by atoms with Crippen molar-refractivity contribution in [2.75, 3.05) is 45.9 Å². The molecule has 0 aromatic heterocycles. The van der Waals surface area contributed by atoms with Crippen LogP contribution >= 0.6 is 0 Å². The van der Waals surface area contributed by atoms with E-state index in [4.69, 9.17) is 4.74 Å². The van der Waals surface area contributed by atoms with Gasteiger partial charge in [-0.2, -0.15) is 0 Å². The van der Waals surface area contributed by atoms with Crippen molar-refractivity contribution in [3.8, 4) is 0 Å². The zero-order valence-electron chi connectivity index (χ0n) is 13.9. The van der Waals surface area contributed by atoms with Crippen molar-refractivity contribution in [2.24, 2.45) is 11.3 Å². The van der Waals surface area contributed by atoms with E-state index in [0.717, 1.165) is 45.2 Å². The van der Waals surface area contributed by atoms with Crippen LogP contribution in [0.1, 0.15) is 46.0 Å². The van der Waals surface area contributed by atoms with Crippen molar-refractivity contribution < 1.29 is 9.84 Å². The largest absolute Gasteiger partial charge is 0.394 e. The second-order valence-corrected chi connectivity index (χ2v) is 7.29. The number of aliphatic hydroxyl groups is 1. The van der Waals surface area contributed by atoms with Crippen molar-refractivity contribution in [1.82, 2.24) is 10.2 Å². The lowest BCUT2D eigenvalue weighted by atomic mass is 9.69. The Morgan fingerprint density at radius 2 is 2.29 bits per heavy atom. The number of rotatable bonds is 7. The highest BCUT2D eigenvalue weighted by molar-refractivity contribution is 4.91. The number of aliphatic hydroxyl groups excluding tert-OH is 1. The van der Waals surface area contributed by atoms with Crippen LogP contribution in [0.5, 0.6) is 0 Å². The molecule has 0 aromatic rings. The summed E-state index contributed by atoms with van der Waals surface area (Å²) >= 11 is 0. The average Bonchev–Trinajstić information content (AvgIpc) is 2.47. The second-order valence-electron chi connectivity index (χ2n) is 7.29. The normalized spacial score (nSPS) is 35.0. The highest BCUT2D eigenvalue weighted by Crippen LogP contribution is 2.39. The first-order chi connectivity index (χ1) is 10.2. The summed E-state index contributed by atoms with van der Waals surface area (Å²) in [5.41, 5.74) is 0.421. The lowest BCUT2D eigenvalue weighted by molar-refractivity contribution is -0.0670. The Kier molecular flexibility index (Phi) is 6.93. The highest BCUT2D eigenvalue weighted by Gasteiger charge is 2.37. The summed E-state index contributed by atoms with van der Waals surface area (Å²) in [7, 11) is 0. The van der Waals surface area contributed by atoms with Crippen LogP contribution in [0.2, 0.25) is 0 Å². The second kappa shape index (κ2) is 8.47. The van der Waals surface area contributed by atoms with Crippen LogP contribution in [0.15, 0.2) is 0 Å². The van der Waals surface area contributed by atoms with E-state index in [2.05, 4.69) is 24.1 Å². The van der Waals surface area contributed by atoms with Gasteiger partial charge in [0.05, 0.1) is 19.3 Å². The van der Waals surface area contributed by atoms with E-state index in [1.807, 2.05) is 0 Å². The van der Waals surface area contributed by atoms with Gasteiger partial charge in [0.1, 0.15) is 0 Å². The highest BCUT2D eigenvalue weighted by atomic mass is 16.5. The van der Waals surface area contributed by atoms with Crippen molar-refractivity contribution in [1.29, 1.82) is 0 Å². The van der Waals surface area contributed by atoms with Crippen LogP contribution in [0.25, 0.3) is 0 Å². The zero-order chi connectivity index (χ0) is 15.1. The molecule has 3 unspecified atom stereocenters. The van der Waals surface area contributed by atoms with Crippen molar-refractivity contribution in [3.63, 3.8) is 0 Å². The molecule has 124 valence electrons. The number of nitrogens with one attached hydrogen (secondary N) is 1. The van der Waals surface area contributed by atoms with E-state index in [-0.39, 0.29) is 12.7 Å². The molecule has 0 spiro atoms. The summed E-state index contributed by atoms with van der Waals surface area (Å²) in [5.74, 6) is 0.844. The molecule has 1 aliphatic carbocycles. The van der Waals surface area contributed by atoms with Crippen molar-refractivity contribution >= 4 is 0 Å². The van der Waals surface area contributed by atoms with Gasteiger partial charge in [0.15, 0.2) is 0 Å². The number of ether oxygens (including phenoxy) is 1. The molecule has 1 saturated heterocycles. The molecule has 1 heterocycles. The Labute approximate surface area is 130 Å². The number of hydrogen-bond acceptors (Lipinski definition) is 4. The maximum atomic E-state index is 9.33. The van der Waals surface area contributed by atoms with E-state index in [1.165, 1.54) is 32.1 Å². The van der Waals surface area contributed by atoms with E-state index >= 15 is 0 Å². The maximum Gasteiger partial charge on any atom is 0.0932 e. The molecular weight excluding hydrogens is 264 g/mol. The van der Waals surface area contributed by atoms with Gasteiger partial charge in [-0.15, -0.1) is 0 Å². The van der Waals surface area contributed by atoms with E-state index in [0.29, 0.717) is 5.41 Å². The third-order valence-corrected chi connectivity index (χ3v) is 5.10. The van der Waals surface area contributed by atoms with Crippen LogP contribution in [-0.4, -0.2) is 62.0 Å². The van der Waals surface area contributed by atoms with Crippen LogP contribution in [0, 0.1) is 11.3 Å². The zero-order valence-corrected chi connectivity index (χ0v) is 13.9. The van der Waals surface area contributed by atoms with Crippen LogP contribution in [-0.2, 0) is 4.74 Å². The summed E-state index contributed by atoms with van der Waals surface area (Å²) in [5, 5.41) is 13.0. The quantitative estimate of drug-likeness (QED) is 0.704. The molecule has 4 nitrogen and oxygen atoms in total. The molecule has 2 N–H and O–H groups in total. The molecule has 0 aromatic carbocycles. The third kappa shape index (κ3) is 5.20. The Bertz CT molecular complexity index is 301. The first-order valence-corrected chi connectivity index (χ1v) is 8.83. The summed E-state index contributed by atoms with van der Waals surface area (Å²) in [6.45, 7) is 10.9. The van der Waals surface area contributed by atoms with Crippen LogP contribution in [0.3, 0.4) is 0 Å². The standard InChI is InChI=1S/C17H34N2O2/c1-3-7-18-13-17(6-4-5-15(2)10-17)14-19-8-9-21-16(11-19)12-20/h15-16,18,20H,3-14H2,1-2H3. The molecule has 3 atom stereocenters. The Morgan fingerprint density at radius 1 is 1.43 bits per heavy atom. The van der Waals surface area contributed by atoms with Crippen molar-refractivity contribution in [3.05, 3.63) is 0 Å². The fraction of sp³-hybridized carbons (Fsp3) is 1.00. The Balaban J connectivity index is 1.94. The van der Waals surface area contributed by atoms with E-state index in [9.17, 15) is 5.11 Å². The molecule has 0 amide bonds. The summed E-state index contributed by atoms with van der Waals surface area (Å²) in [4.78, 5) is 2.52. The van der Waals surface area contributed by atoms with Gasteiger partial charge in [0.25, 0.3) is 0 Å². The lowest BCUT2D eigenvalue weighted by Crippen LogP contribution is -2.52. The molecule has 2 aliphatic rings. The summed E-state index contributed by atoms with van der Waals surface area (Å²) < 4.78 is 5.59. The van der Waals surface area contributed by atoms with Gasteiger partial charge in [0.2, 0.25) is 0 Å². The minimum Gasteiger partial charge on any atom is -0.394 e. The van der Waals surface area contributed by atoms with Gasteiger partial charge in [0, 0.05) is 26.2 Å². The molecule has 2 fully saturated rings. The monoisotopic (exact) mass is 298 g/mol. The first kappa shape index (κ1) is 17.2. The van der Waals surface area contributed by atoms with Gasteiger partial charge in [-0.3, -0.25) is 4.90 Å². The minimum atomic E-state index is 0.0143. The molecule has 21 heavy (non-hydrogen) atoms. The SMILES string of the molecule is CCCNCC1(CN2CCOC(CO)C2)CCCC(C)C1. The Hall–Kier alpha value is -0.160. The minimum absolute atomic E-state index is 0.0143. The van der Waals surface area contributed by atoms with Gasteiger partial charge in [-0.05, 0) is 37.1 Å². The Morgan fingerprint density at radius 3 is 3.00 bits per heavy atom. The predicted octanol–water partition coefficient (Wildman–Crippen LogP) is 1.88. The van der Waals surface area contributed by atoms with Gasteiger partial charge >= 0.3 is 0 Å². The molecule has 4 heteroatoms. The molecule has 1 aliphatic heterocycles. The van der Waals surface area contributed by atoms with Gasteiger partial charge in [-0.1, -0.05) is 26.7 Å². The van der Waals surface area contributed by atoms with Crippen LogP contribution < -0.4 is 5.32 Å². The van der Waals surface area contributed by atoms with Crippen molar-refractivity contribution in [2.45, 2.75) is 52.1 Å². The third-order valence-electron chi connectivity index (χ3n) is 5.10. The molecule has 2 rings (SSSR count). The summed E-state index contributed by atoms with van der Waals surface area (Å²) in [6, 6.07) is 0. The maximum absolute atomic E-state index is 9.33. The van der Waals surface area contributed by atoms with Gasteiger partial charge in [-0.25, -0.2) is 0 Å². The average molecular weight is 298 g/mol. The lowest BCUT2D eigenvalue weighted by Gasteiger charge is -2.45. The first-order valence-electron chi connectivity index (χ1n) is 8.83. The van der Waals surface area contributed by atoms with E-state index in [1.54, 1.807) is 0 Å². The summed E-state index contributed by atoms with van der Waals surface area (Å²) in [6.07, 6.45) is 6.65. The number of hydrogen-bond donors (Lipinski definition) is 2. The van der Waals surface area contributed by atoms with Crippen LogP contribution in [0.4, 0.5) is 0 Å². The van der Waals surface area contributed by atoms with E-state index < -0.39 is 0 Å². The topological polar surface area (TPSA) is 44.7 Å². The van der Waals surface area contributed by atoms with Gasteiger partial charge < -0.3 is 15.2 Å². The number of morpholine rings is 1. The predicted molar refractivity (Wildman–Crippen MR) is 86.5 cm³/mol. The molecule has 0 bridgehead atoms. The fourth-order valence-electron chi connectivity index (χ4n) is 4.17. The molecule has 0 radical (unpaired) electrons. The molecule has 1 saturated carbocycles. The molecular formula is C17H34N2O2. The smallest absolute Gasteiger partial charge is 0.0932 e. The number of nitrogens with zero attached hydrogens (tertiary/aromatic N) is 1.